The van der Waals surface area contributed by atoms with Crippen molar-refractivity contribution in [2.45, 2.75) is 26.1 Å². The lowest BCUT2D eigenvalue weighted by Gasteiger charge is -2.15. The summed E-state index contributed by atoms with van der Waals surface area (Å²) < 4.78 is 0. The maximum atomic E-state index is 5.87. The first kappa shape index (κ1) is 16.3. The van der Waals surface area contributed by atoms with Crippen LogP contribution >= 0.6 is 23.2 Å². The maximum absolute atomic E-state index is 5.87. The Balaban J connectivity index is 1.66. The first-order valence-electron chi connectivity index (χ1n) is 7.06. The zero-order chi connectivity index (χ0) is 15.1. The third-order valence-corrected chi connectivity index (χ3v) is 3.76. The van der Waals surface area contributed by atoms with E-state index in [1.807, 2.05) is 48.5 Å². The van der Waals surface area contributed by atoms with E-state index in [0.29, 0.717) is 6.04 Å². The van der Waals surface area contributed by atoms with Crippen LogP contribution in [0.2, 0.25) is 10.0 Å². The maximum Gasteiger partial charge on any atom is 0.0406 e. The molecule has 0 amide bonds. The number of benzene rings is 2. The van der Waals surface area contributed by atoms with E-state index in [-0.39, 0.29) is 0 Å². The van der Waals surface area contributed by atoms with Gasteiger partial charge in [0.2, 0.25) is 0 Å². The van der Waals surface area contributed by atoms with Crippen molar-refractivity contribution in [1.29, 1.82) is 0 Å². The monoisotopic (exact) mass is 322 g/mol. The minimum atomic E-state index is 0.396. The van der Waals surface area contributed by atoms with E-state index in [1.54, 1.807) is 0 Å². The zero-order valence-corrected chi connectivity index (χ0v) is 13.6. The van der Waals surface area contributed by atoms with Crippen LogP contribution in [-0.2, 0) is 13.1 Å². The quantitative estimate of drug-likeness (QED) is 0.795. The fourth-order valence-corrected chi connectivity index (χ4v) is 2.25. The Hall–Kier alpha value is -1.06. The van der Waals surface area contributed by atoms with Gasteiger partial charge in [-0.2, -0.15) is 0 Å². The first-order valence-corrected chi connectivity index (χ1v) is 7.82. The topological polar surface area (TPSA) is 24.1 Å². The molecule has 4 heteroatoms. The molecule has 0 bridgehead atoms. The first-order chi connectivity index (χ1) is 10.1. The van der Waals surface area contributed by atoms with Crippen molar-refractivity contribution in [2.75, 3.05) is 6.54 Å². The van der Waals surface area contributed by atoms with Gasteiger partial charge in [0.25, 0.3) is 0 Å². The van der Waals surface area contributed by atoms with Crippen LogP contribution in [-0.4, -0.2) is 12.6 Å². The summed E-state index contributed by atoms with van der Waals surface area (Å²) >= 11 is 11.7. The average Bonchev–Trinajstić information content (AvgIpc) is 2.49. The Labute approximate surface area is 136 Å². The molecule has 2 aromatic carbocycles. The summed E-state index contributed by atoms with van der Waals surface area (Å²) in [4.78, 5) is 0. The van der Waals surface area contributed by atoms with Gasteiger partial charge in [0.05, 0.1) is 0 Å². The molecule has 2 nitrogen and oxygen atoms in total. The molecule has 0 aliphatic rings. The van der Waals surface area contributed by atoms with Crippen molar-refractivity contribution < 1.29 is 0 Å². The normalized spacial score (nSPS) is 12.3. The van der Waals surface area contributed by atoms with Gasteiger partial charge in [0, 0.05) is 35.7 Å². The van der Waals surface area contributed by atoms with E-state index < -0.39 is 0 Å². The molecule has 0 saturated carbocycles. The molecule has 0 spiro atoms. The molecule has 2 aromatic rings. The van der Waals surface area contributed by atoms with Crippen LogP contribution in [0.3, 0.4) is 0 Å². The van der Waals surface area contributed by atoms with Crippen LogP contribution < -0.4 is 10.6 Å². The summed E-state index contributed by atoms with van der Waals surface area (Å²) in [5.74, 6) is 0. The summed E-state index contributed by atoms with van der Waals surface area (Å²) in [5, 5.41) is 8.48. The van der Waals surface area contributed by atoms with Gasteiger partial charge >= 0.3 is 0 Å². The van der Waals surface area contributed by atoms with Crippen molar-refractivity contribution in [1.82, 2.24) is 10.6 Å². The number of hydrogen-bond donors (Lipinski definition) is 2. The van der Waals surface area contributed by atoms with Crippen LogP contribution in [0.5, 0.6) is 0 Å². The molecule has 0 heterocycles. The van der Waals surface area contributed by atoms with Crippen LogP contribution in [0.25, 0.3) is 0 Å². The van der Waals surface area contributed by atoms with Gasteiger partial charge < -0.3 is 10.6 Å². The van der Waals surface area contributed by atoms with Crippen molar-refractivity contribution in [3.05, 3.63) is 69.7 Å². The minimum Gasteiger partial charge on any atom is -0.311 e. The third-order valence-electron chi connectivity index (χ3n) is 3.26. The highest BCUT2D eigenvalue weighted by atomic mass is 35.5. The SMILES string of the molecule is CC(CNCc1ccc(Cl)cc1)NCc1ccc(Cl)cc1. The fraction of sp³-hybridized carbons (Fsp3) is 0.294. The Kier molecular flexibility index (Phi) is 6.52. The molecular formula is C17H20Cl2N2. The molecule has 0 radical (unpaired) electrons. The Bertz CT molecular complexity index is 538. The second-order valence-corrected chi connectivity index (χ2v) is 6.04. The van der Waals surface area contributed by atoms with Crippen molar-refractivity contribution in [2.24, 2.45) is 0 Å². The average molecular weight is 323 g/mol. The van der Waals surface area contributed by atoms with E-state index in [2.05, 4.69) is 17.6 Å². The van der Waals surface area contributed by atoms with Crippen LogP contribution in [0.1, 0.15) is 18.1 Å². The molecule has 2 N–H and O–H groups in total. The molecule has 1 atom stereocenters. The molecule has 21 heavy (non-hydrogen) atoms. The van der Waals surface area contributed by atoms with Crippen molar-refractivity contribution in [3.63, 3.8) is 0 Å². The number of nitrogens with one attached hydrogen (secondary N) is 2. The van der Waals surface area contributed by atoms with Gasteiger partial charge in [-0.15, -0.1) is 0 Å². The van der Waals surface area contributed by atoms with Gasteiger partial charge in [-0.3, -0.25) is 0 Å². The molecular weight excluding hydrogens is 303 g/mol. The van der Waals surface area contributed by atoms with Gasteiger partial charge in [0.15, 0.2) is 0 Å². The molecule has 0 aliphatic carbocycles. The number of hydrogen-bond acceptors (Lipinski definition) is 2. The van der Waals surface area contributed by atoms with Crippen LogP contribution in [0.15, 0.2) is 48.5 Å². The van der Waals surface area contributed by atoms with E-state index in [1.165, 1.54) is 11.1 Å². The predicted molar refractivity (Wildman–Crippen MR) is 90.9 cm³/mol. The lowest BCUT2D eigenvalue weighted by molar-refractivity contribution is 0.501. The fourth-order valence-electron chi connectivity index (χ4n) is 2.00. The largest absolute Gasteiger partial charge is 0.311 e. The molecule has 1 unspecified atom stereocenters. The lowest BCUT2D eigenvalue weighted by atomic mass is 10.2. The van der Waals surface area contributed by atoms with Crippen LogP contribution in [0, 0.1) is 0 Å². The van der Waals surface area contributed by atoms with E-state index in [0.717, 1.165) is 29.7 Å². The number of halogens is 2. The highest BCUT2D eigenvalue weighted by Gasteiger charge is 2.01. The zero-order valence-electron chi connectivity index (χ0n) is 12.1. The molecule has 0 aromatic heterocycles. The van der Waals surface area contributed by atoms with Crippen LogP contribution in [0.4, 0.5) is 0 Å². The van der Waals surface area contributed by atoms with E-state index >= 15 is 0 Å². The summed E-state index contributed by atoms with van der Waals surface area (Å²) in [5.41, 5.74) is 2.48. The highest BCUT2D eigenvalue weighted by Crippen LogP contribution is 2.10. The third kappa shape index (κ3) is 6.06. The van der Waals surface area contributed by atoms with Gasteiger partial charge in [-0.1, -0.05) is 47.5 Å². The van der Waals surface area contributed by atoms with Gasteiger partial charge in [-0.05, 0) is 42.3 Å². The second kappa shape index (κ2) is 8.40. The Morgan fingerprint density at radius 1 is 0.810 bits per heavy atom. The highest BCUT2D eigenvalue weighted by molar-refractivity contribution is 6.30. The Morgan fingerprint density at radius 3 is 1.81 bits per heavy atom. The second-order valence-electron chi connectivity index (χ2n) is 5.17. The van der Waals surface area contributed by atoms with E-state index in [4.69, 9.17) is 23.2 Å². The van der Waals surface area contributed by atoms with Crippen molar-refractivity contribution in [3.8, 4) is 0 Å². The number of rotatable bonds is 7. The molecule has 0 fully saturated rings. The van der Waals surface area contributed by atoms with E-state index in [9.17, 15) is 0 Å². The molecule has 112 valence electrons. The summed E-state index contributed by atoms with van der Waals surface area (Å²) in [7, 11) is 0. The smallest absolute Gasteiger partial charge is 0.0406 e. The predicted octanol–water partition coefficient (Wildman–Crippen LogP) is 4.26. The lowest BCUT2D eigenvalue weighted by Crippen LogP contribution is -2.35. The van der Waals surface area contributed by atoms with Gasteiger partial charge in [-0.25, -0.2) is 0 Å². The van der Waals surface area contributed by atoms with Crippen molar-refractivity contribution >= 4 is 23.2 Å². The van der Waals surface area contributed by atoms with Gasteiger partial charge in [0.1, 0.15) is 0 Å². The standard InChI is InChI=1S/C17H20Cl2N2/c1-13(21-12-15-4-8-17(19)9-5-15)10-20-11-14-2-6-16(18)7-3-14/h2-9,13,20-21H,10-12H2,1H3. The summed E-state index contributed by atoms with van der Waals surface area (Å²) in [6.07, 6.45) is 0. The summed E-state index contributed by atoms with van der Waals surface area (Å²) in [6, 6.07) is 16.2. The molecule has 0 aliphatic heterocycles. The Morgan fingerprint density at radius 2 is 1.29 bits per heavy atom. The minimum absolute atomic E-state index is 0.396. The molecule has 2 rings (SSSR count). The summed E-state index contributed by atoms with van der Waals surface area (Å²) in [6.45, 7) is 4.78. The molecule has 0 saturated heterocycles.